The zero-order valence-corrected chi connectivity index (χ0v) is 11.1. The lowest BCUT2D eigenvalue weighted by atomic mass is 10.2. The molecule has 0 amide bonds. The van der Waals surface area contributed by atoms with E-state index >= 15 is 0 Å². The van der Waals surface area contributed by atoms with E-state index in [1.807, 2.05) is 6.07 Å². The van der Waals surface area contributed by atoms with E-state index in [0.717, 1.165) is 0 Å². The van der Waals surface area contributed by atoms with Gasteiger partial charge >= 0.3 is 0 Å². The Morgan fingerprint density at radius 1 is 1.00 bits per heavy atom. The van der Waals surface area contributed by atoms with E-state index in [4.69, 9.17) is 29.9 Å². The summed E-state index contributed by atoms with van der Waals surface area (Å²) in [5, 5.41) is 8.95. The highest BCUT2D eigenvalue weighted by atomic mass is 16.5. The molecule has 0 saturated heterocycles. The Morgan fingerprint density at radius 2 is 1.53 bits per heavy atom. The highest BCUT2D eigenvalue weighted by Crippen LogP contribution is 2.32. The normalized spacial score (nSPS) is 9.95. The molecule has 6 nitrogen and oxygen atoms in total. The van der Waals surface area contributed by atoms with E-state index < -0.39 is 0 Å². The highest BCUT2D eigenvalue weighted by molar-refractivity contribution is 5.62. The van der Waals surface area contributed by atoms with Gasteiger partial charge in [-0.1, -0.05) is 0 Å². The number of nitrogens with zero attached hydrogens (tertiary/aromatic N) is 1. The number of anilines is 1. The largest absolute Gasteiger partial charge is 0.487 e. The van der Waals surface area contributed by atoms with Crippen LogP contribution >= 0.6 is 0 Å². The van der Waals surface area contributed by atoms with Crippen molar-refractivity contribution in [3.63, 3.8) is 0 Å². The van der Waals surface area contributed by atoms with Gasteiger partial charge in [0.05, 0.1) is 24.5 Å². The quantitative estimate of drug-likeness (QED) is 0.562. The number of nitrogens with two attached hydrogens (primary N) is 1. The van der Waals surface area contributed by atoms with Crippen LogP contribution in [-0.2, 0) is 9.47 Å². The van der Waals surface area contributed by atoms with E-state index in [2.05, 4.69) is 0 Å². The Balaban J connectivity index is 2.85. The number of methoxy groups -OCH3 is 2. The van der Waals surface area contributed by atoms with E-state index in [0.29, 0.717) is 49.2 Å². The SMILES string of the molecule is COCCOc1cc(N)c(C#N)cc1OCCOC. The molecule has 0 bridgehead atoms. The molecule has 0 fully saturated rings. The van der Waals surface area contributed by atoms with Crippen molar-refractivity contribution in [2.75, 3.05) is 46.4 Å². The maximum absolute atomic E-state index is 8.95. The molecule has 0 heterocycles. The van der Waals surface area contributed by atoms with Gasteiger partial charge in [-0.2, -0.15) is 5.26 Å². The number of hydrogen-bond acceptors (Lipinski definition) is 6. The van der Waals surface area contributed by atoms with Crippen molar-refractivity contribution >= 4 is 5.69 Å². The van der Waals surface area contributed by atoms with Crippen molar-refractivity contribution in [3.8, 4) is 17.6 Å². The lowest BCUT2D eigenvalue weighted by Crippen LogP contribution is -2.09. The summed E-state index contributed by atoms with van der Waals surface area (Å²) in [6.45, 7) is 1.65. The summed E-state index contributed by atoms with van der Waals surface area (Å²) in [7, 11) is 3.18. The molecule has 0 aliphatic rings. The van der Waals surface area contributed by atoms with Gasteiger partial charge in [0, 0.05) is 26.4 Å². The molecule has 1 rings (SSSR count). The molecule has 0 aliphatic heterocycles. The molecule has 1 aromatic rings. The molecule has 104 valence electrons. The first-order valence-electron chi connectivity index (χ1n) is 5.80. The Hall–Kier alpha value is -1.97. The van der Waals surface area contributed by atoms with Crippen LogP contribution in [0, 0.1) is 11.3 Å². The third-order valence-electron chi connectivity index (χ3n) is 2.33. The molecule has 2 N–H and O–H groups in total. The molecule has 1 aromatic carbocycles. The number of rotatable bonds is 8. The van der Waals surface area contributed by atoms with Crippen LogP contribution in [0.5, 0.6) is 11.5 Å². The highest BCUT2D eigenvalue weighted by Gasteiger charge is 2.10. The first-order valence-corrected chi connectivity index (χ1v) is 5.80. The Labute approximate surface area is 112 Å². The van der Waals surface area contributed by atoms with Crippen molar-refractivity contribution in [2.45, 2.75) is 0 Å². The van der Waals surface area contributed by atoms with Crippen molar-refractivity contribution in [2.24, 2.45) is 0 Å². The maximum Gasteiger partial charge on any atom is 0.163 e. The average Bonchev–Trinajstić information content (AvgIpc) is 2.41. The van der Waals surface area contributed by atoms with Crippen LogP contribution in [0.3, 0.4) is 0 Å². The minimum atomic E-state index is 0.353. The van der Waals surface area contributed by atoms with Gasteiger partial charge in [0.15, 0.2) is 11.5 Å². The lowest BCUT2D eigenvalue weighted by molar-refractivity contribution is 0.132. The molecule has 0 aromatic heterocycles. The molecule has 0 saturated carbocycles. The van der Waals surface area contributed by atoms with Gasteiger partial charge < -0.3 is 24.7 Å². The predicted molar refractivity (Wildman–Crippen MR) is 70.3 cm³/mol. The smallest absolute Gasteiger partial charge is 0.163 e. The summed E-state index contributed by atoms with van der Waals surface area (Å²) in [6.07, 6.45) is 0. The van der Waals surface area contributed by atoms with Crippen LogP contribution in [0.2, 0.25) is 0 Å². The predicted octanol–water partition coefficient (Wildman–Crippen LogP) is 1.19. The molecule has 0 radical (unpaired) electrons. The number of ether oxygens (including phenoxy) is 4. The van der Waals surface area contributed by atoms with E-state index in [1.54, 1.807) is 26.4 Å². The van der Waals surface area contributed by atoms with Gasteiger partial charge in [0.2, 0.25) is 0 Å². The Bertz CT molecular complexity index is 443. The first kappa shape index (κ1) is 15.1. The zero-order valence-electron chi connectivity index (χ0n) is 11.1. The van der Waals surface area contributed by atoms with Crippen molar-refractivity contribution in [3.05, 3.63) is 17.7 Å². The molecule has 0 atom stereocenters. The second-order valence-corrected chi connectivity index (χ2v) is 3.68. The fraction of sp³-hybridized carbons (Fsp3) is 0.462. The fourth-order valence-electron chi connectivity index (χ4n) is 1.37. The maximum atomic E-state index is 8.95. The minimum absolute atomic E-state index is 0.353. The van der Waals surface area contributed by atoms with E-state index in [9.17, 15) is 0 Å². The Morgan fingerprint density at radius 3 is 2.00 bits per heavy atom. The first-order chi connectivity index (χ1) is 9.22. The molecule has 0 spiro atoms. The molecule has 0 unspecified atom stereocenters. The van der Waals surface area contributed by atoms with E-state index in [-0.39, 0.29) is 0 Å². The monoisotopic (exact) mass is 266 g/mol. The van der Waals surface area contributed by atoms with Gasteiger partial charge in [0.1, 0.15) is 19.3 Å². The molecule has 19 heavy (non-hydrogen) atoms. The second-order valence-electron chi connectivity index (χ2n) is 3.68. The van der Waals surface area contributed by atoms with Crippen molar-refractivity contribution in [1.82, 2.24) is 0 Å². The topological polar surface area (TPSA) is 86.7 Å². The summed E-state index contributed by atoms with van der Waals surface area (Å²) < 4.78 is 20.8. The third-order valence-corrected chi connectivity index (χ3v) is 2.33. The van der Waals surface area contributed by atoms with Crippen LogP contribution < -0.4 is 15.2 Å². The van der Waals surface area contributed by atoms with Crippen molar-refractivity contribution in [1.29, 1.82) is 5.26 Å². The molecular weight excluding hydrogens is 248 g/mol. The molecular formula is C13H18N2O4. The zero-order chi connectivity index (χ0) is 14.1. The number of nitriles is 1. The summed E-state index contributed by atoms with van der Waals surface area (Å²) in [5.41, 5.74) is 6.45. The van der Waals surface area contributed by atoms with Crippen LogP contribution in [0.1, 0.15) is 5.56 Å². The minimum Gasteiger partial charge on any atom is -0.487 e. The van der Waals surface area contributed by atoms with Gasteiger partial charge in [-0.25, -0.2) is 0 Å². The summed E-state index contributed by atoms with van der Waals surface area (Å²) >= 11 is 0. The van der Waals surface area contributed by atoms with Crippen LogP contribution in [0.4, 0.5) is 5.69 Å². The van der Waals surface area contributed by atoms with Gasteiger partial charge in [-0.05, 0) is 0 Å². The van der Waals surface area contributed by atoms with Crippen LogP contribution in [0.15, 0.2) is 12.1 Å². The summed E-state index contributed by atoms with van der Waals surface area (Å²) in [5.74, 6) is 0.962. The summed E-state index contributed by atoms with van der Waals surface area (Å²) in [4.78, 5) is 0. The van der Waals surface area contributed by atoms with Crippen molar-refractivity contribution < 1.29 is 18.9 Å². The summed E-state index contributed by atoms with van der Waals surface area (Å²) in [6, 6.07) is 5.15. The van der Waals surface area contributed by atoms with Gasteiger partial charge in [-0.15, -0.1) is 0 Å². The van der Waals surface area contributed by atoms with Crippen LogP contribution in [0.25, 0.3) is 0 Å². The second kappa shape index (κ2) is 8.19. The fourth-order valence-corrected chi connectivity index (χ4v) is 1.37. The lowest BCUT2D eigenvalue weighted by Gasteiger charge is -2.14. The molecule has 6 heteroatoms. The van der Waals surface area contributed by atoms with E-state index in [1.165, 1.54) is 0 Å². The average molecular weight is 266 g/mol. The number of hydrogen-bond donors (Lipinski definition) is 1. The number of nitrogen functional groups attached to an aromatic ring is 1. The number of benzene rings is 1. The van der Waals surface area contributed by atoms with Gasteiger partial charge in [-0.3, -0.25) is 0 Å². The van der Waals surface area contributed by atoms with Crippen LogP contribution in [-0.4, -0.2) is 40.6 Å². The Kier molecular flexibility index (Phi) is 6.50. The van der Waals surface area contributed by atoms with Gasteiger partial charge in [0.25, 0.3) is 0 Å². The standard InChI is InChI=1S/C13H18N2O4/c1-16-3-5-18-12-7-10(9-14)11(15)8-13(12)19-6-4-17-2/h7-8H,3-6,15H2,1-2H3. The molecule has 0 aliphatic carbocycles. The third kappa shape index (κ3) is 4.66.